The minimum atomic E-state index is -0.420. The molecule has 6 nitrogen and oxygen atoms in total. The van der Waals surface area contributed by atoms with E-state index in [1.54, 1.807) is 46.8 Å². The van der Waals surface area contributed by atoms with Crippen molar-refractivity contribution in [1.29, 1.82) is 0 Å². The number of halogens is 2. The summed E-state index contributed by atoms with van der Waals surface area (Å²) in [5, 5.41) is 1.06. The minimum absolute atomic E-state index is 0.113. The molecule has 0 bridgehead atoms. The molecule has 1 fully saturated rings. The van der Waals surface area contributed by atoms with Gasteiger partial charge in [-0.05, 0) is 43.3 Å². The van der Waals surface area contributed by atoms with E-state index in [1.807, 2.05) is 6.92 Å². The molecular weight excluding hydrogens is 407 g/mol. The van der Waals surface area contributed by atoms with E-state index in [0.29, 0.717) is 53.5 Å². The van der Waals surface area contributed by atoms with Gasteiger partial charge in [0.1, 0.15) is 11.6 Å². The quantitative estimate of drug-likeness (QED) is 0.642. The van der Waals surface area contributed by atoms with Gasteiger partial charge in [-0.25, -0.2) is 9.37 Å². The van der Waals surface area contributed by atoms with Gasteiger partial charge in [0.15, 0.2) is 0 Å². The molecule has 3 aromatic rings. The second kappa shape index (κ2) is 8.16. The Labute approximate surface area is 178 Å². The molecule has 1 aromatic heterocycles. The first-order valence-electron chi connectivity index (χ1n) is 9.80. The molecule has 1 atom stereocenters. The summed E-state index contributed by atoms with van der Waals surface area (Å²) >= 11 is 6.08. The van der Waals surface area contributed by atoms with E-state index in [-0.39, 0.29) is 17.5 Å². The molecule has 2 aromatic carbocycles. The third kappa shape index (κ3) is 3.82. The first-order valence-corrected chi connectivity index (χ1v) is 10.2. The predicted molar refractivity (Wildman–Crippen MR) is 114 cm³/mol. The fourth-order valence-corrected chi connectivity index (χ4v) is 4.08. The maximum absolute atomic E-state index is 13.4. The van der Waals surface area contributed by atoms with Gasteiger partial charge in [-0.2, -0.15) is 0 Å². The van der Waals surface area contributed by atoms with Crippen LogP contribution in [0.2, 0.25) is 5.02 Å². The van der Waals surface area contributed by atoms with Crippen molar-refractivity contribution in [1.82, 2.24) is 19.4 Å². The van der Waals surface area contributed by atoms with Gasteiger partial charge in [-0.15, -0.1) is 0 Å². The summed E-state index contributed by atoms with van der Waals surface area (Å²) in [6.07, 6.45) is 0. The van der Waals surface area contributed by atoms with Crippen LogP contribution in [0.25, 0.3) is 10.9 Å². The van der Waals surface area contributed by atoms with Crippen molar-refractivity contribution in [3.63, 3.8) is 0 Å². The van der Waals surface area contributed by atoms with Crippen LogP contribution in [0.3, 0.4) is 0 Å². The highest BCUT2D eigenvalue weighted by Crippen LogP contribution is 2.23. The van der Waals surface area contributed by atoms with Crippen LogP contribution in [-0.2, 0) is 7.05 Å². The van der Waals surface area contributed by atoms with Crippen LogP contribution in [0.1, 0.15) is 29.1 Å². The lowest BCUT2D eigenvalue weighted by atomic mass is 10.1. The number of carbonyl (C=O) groups excluding carboxylic acids is 1. The average molecular weight is 429 g/mol. The van der Waals surface area contributed by atoms with Crippen molar-refractivity contribution in [2.45, 2.75) is 13.0 Å². The van der Waals surface area contributed by atoms with E-state index in [4.69, 9.17) is 16.6 Å². The zero-order valence-corrected chi connectivity index (χ0v) is 17.6. The first-order chi connectivity index (χ1) is 14.3. The van der Waals surface area contributed by atoms with E-state index < -0.39 is 5.82 Å². The maximum Gasteiger partial charge on any atom is 0.261 e. The topological polar surface area (TPSA) is 58.4 Å². The van der Waals surface area contributed by atoms with Gasteiger partial charge in [0.25, 0.3) is 11.5 Å². The number of rotatable bonds is 3. The molecule has 156 valence electrons. The number of fused-ring (bicyclic) bond motifs is 1. The summed E-state index contributed by atoms with van der Waals surface area (Å²) in [4.78, 5) is 34.0. The second-order valence-electron chi connectivity index (χ2n) is 7.51. The lowest BCUT2D eigenvalue weighted by molar-refractivity contribution is 0.0571. The molecular formula is C22H22ClFN4O2. The van der Waals surface area contributed by atoms with Gasteiger partial charge < -0.3 is 4.90 Å². The van der Waals surface area contributed by atoms with E-state index in [9.17, 15) is 14.0 Å². The smallest absolute Gasteiger partial charge is 0.261 e. The molecule has 0 radical (unpaired) electrons. The monoisotopic (exact) mass is 428 g/mol. The summed E-state index contributed by atoms with van der Waals surface area (Å²) in [5.41, 5.74) is 0.817. The number of benzene rings is 2. The molecule has 1 unspecified atom stereocenters. The van der Waals surface area contributed by atoms with Crippen molar-refractivity contribution < 1.29 is 9.18 Å². The summed E-state index contributed by atoms with van der Waals surface area (Å²) in [6, 6.07) is 10.7. The third-order valence-corrected chi connectivity index (χ3v) is 5.90. The molecule has 0 N–H and O–H groups in total. The van der Waals surface area contributed by atoms with Gasteiger partial charge in [-0.1, -0.05) is 17.7 Å². The van der Waals surface area contributed by atoms with Crippen LogP contribution >= 0.6 is 11.6 Å². The Morgan fingerprint density at radius 2 is 1.87 bits per heavy atom. The lowest BCUT2D eigenvalue weighted by Crippen LogP contribution is -2.49. The van der Waals surface area contributed by atoms with E-state index in [1.165, 1.54) is 12.1 Å². The number of hydrogen-bond acceptors (Lipinski definition) is 4. The van der Waals surface area contributed by atoms with Crippen LogP contribution in [0, 0.1) is 5.82 Å². The molecule has 1 aliphatic heterocycles. The standard InChI is InChI=1S/C22H22ClFN4O2/c1-14(20-25-19-13-16(23)6-7-18(19)22(30)26(20)2)27-8-10-28(11-9-27)21(29)15-4-3-5-17(24)12-15/h3-7,12-14H,8-11H2,1-2H3. The van der Waals surface area contributed by atoms with Crippen molar-refractivity contribution in [2.24, 2.45) is 7.05 Å². The average Bonchev–Trinajstić information content (AvgIpc) is 2.75. The maximum atomic E-state index is 13.4. The normalized spacial score (nSPS) is 16.1. The Balaban J connectivity index is 1.52. The highest BCUT2D eigenvalue weighted by Gasteiger charge is 2.27. The third-order valence-electron chi connectivity index (χ3n) is 5.67. The molecule has 0 aliphatic carbocycles. The zero-order chi connectivity index (χ0) is 21.4. The Kier molecular flexibility index (Phi) is 5.58. The van der Waals surface area contributed by atoms with Gasteiger partial charge in [0.05, 0.1) is 16.9 Å². The Morgan fingerprint density at radius 3 is 2.57 bits per heavy atom. The van der Waals surface area contributed by atoms with Gasteiger partial charge >= 0.3 is 0 Å². The number of carbonyl (C=O) groups is 1. The Hall–Kier alpha value is -2.77. The molecule has 2 heterocycles. The number of amides is 1. The van der Waals surface area contributed by atoms with Gasteiger partial charge in [-0.3, -0.25) is 19.1 Å². The minimum Gasteiger partial charge on any atom is -0.336 e. The number of piperazine rings is 1. The zero-order valence-electron chi connectivity index (χ0n) is 16.8. The number of aromatic nitrogens is 2. The molecule has 0 saturated carbocycles. The number of hydrogen-bond donors (Lipinski definition) is 0. The van der Waals surface area contributed by atoms with Gasteiger partial charge in [0, 0.05) is 43.8 Å². The lowest BCUT2D eigenvalue weighted by Gasteiger charge is -2.38. The molecule has 30 heavy (non-hydrogen) atoms. The van der Waals surface area contributed by atoms with Crippen LogP contribution < -0.4 is 5.56 Å². The summed E-state index contributed by atoms with van der Waals surface area (Å²) in [5.74, 6) is 0.0591. The Morgan fingerprint density at radius 1 is 1.13 bits per heavy atom. The van der Waals surface area contributed by atoms with Crippen molar-refractivity contribution >= 4 is 28.4 Å². The summed E-state index contributed by atoms with van der Waals surface area (Å²) in [6.45, 7) is 4.31. The first kappa shape index (κ1) is 20.5. The fourth-order valence-electron chi connectivity index (χ4n) is 3.91. The Bertz CT molecular complexity index is 1170. The molecule has 0 spiro atoms. The SMILES string of the molecule is CC(c1nc2cc(Cl)ccc2c(=O)n1C)N1CCN(C(=O)c2cccc(F)c2)CC1. The molecule has 4 rings (SSSR count). The van der Waals surface area contributed by atoms with E-state index in [0.717, 1.165) is 0 Å². The highest BCUT2D eigenvalue weighted by atomic mass is 35.5. The van der Waals surface area contributed by atoms with Crippen LogP contribution in [0.5, 0.6) is 0 Å². The molecule has 8 heteroatoms. The van der Waals surface area contributed by atoms with Crippen molar-refractivity contribution in [2.75, 3.05) is 26.2 Å². The number of nitrogens with zero attached hydrogens (tertiary/aromatic N) is 4. The van der Waals surface area contributed by atoms with Gasteiger partial charge in [0.2, 0.25) is 0 Å². The molecule has 1 amide bonds. The highest BCUT2D eigenvalue weighted by molar-refractivity contribution is 6.31. The summed E-state index contributed by atoms with van der Waals surface area (Å²) < 4.78 is 15.0. The fraction of sp³-hybridized carbons (Fsp3) is 0.318. The molecule has 1 saturated heterocycles. The van der Waals surface area contributed by atoms with Crippen LogP contribution in [-0.4, -0.2) is 51.4 Å². The second-order valence-corrected chi connectivity index (χ2v) is 7.95. The van der Waals surface area contributed by atoms with E-state index >= 15 is 0 Å². The molecule has 1 aliphatic rings. The summed E-state index contributed by atoms with van der Waals surface area (Å²) in [7, 11) is 1.72. The van der Waals surface area contributed by atoms with Crippen LogP contribution in [0.15, 0.2) is 47.3 Å². The van der Waals surface area contributed by atoms with Crippen molar-refractivity contribution in [3.05, 3.63) is 75.0 Å². The predicted octanol–water partition coefficient (Wildman–Crippen LogP) is 3.25. The van der Waals surface area contributed by atoms with Crippen LogP contribution in [0.4, 0.5) is 4.39 Å². The largest absolute Gasteiger partial charge is 0.336 e. The van der Waals surface area contributed by atoms with Crippen molar-refractivity contribution in [3.8, 4) is 0 Å². The van der Waals surface area contributed by atoms with E-state index in [2.05, 4.69) is 4.90 Å².